The number of fused-ring (bicyclic) bond motifs is 1. The zero-order valence-corrected chi connectivity index (χ0v) is 12.3. The lowest BCUT2D eigenvalue weighted by molar-refractivity contribution is 0.628. The summed E-state index contributed by atoms with van der Waals surface area (Å²) in [6.07, 6.45) is 0.988. The SMILES string of the molecule is CC.Cc1ccc2c(c1)CCN=C2c1ccc(F)cc1. The van der Waals surface area contributed by atoms with Crippen LogP contribution in [-0.2, 0) is 6.42 Å². The van der Waals surface area contributed by atoms with Gasteiger partial charge in [-0.25, -0.2) is 4.39 Å². The van der Waals surface area contributed by atoms with Crippen molar-refractivity contribution in [2.24, 2.45) is 4.99 Å². The van der Waals surface area contributed by atoms with Crippen molar-refractivity contribution < 1.29 is 4.39 Å². The number of rotatable bonds is 1. The maximum atomic E-state index is 13.0. The molecule has 3 rings (SSSR count). The molecule has 2 aromatic carbocycles. The van der Waals surface area contributed by atoms with Crippen LogP contribution in [-0.4, -0.2) is 12.3 Å². The van der Waals surface area contributed by atoms with Crippen molar-refractivity contribution in [3.05, 3.63) is 70.5 Å². The summed E-state index contributed by atoms with van der Waals surface area (Å²) in [6, 6.07) is 13.0. The summed E-state index contributed by atoms with van der Waals surface area (Å²) in [6.45, 7) is 6.91. The van der Waals surface area contributed by atoms with Gasteiger partial charge in [0.1, 0.15) is 5.82 Å². The van der Waals surface area contributed by atoms with Gasteiger partial charge in [0.05, 0.1) is 5.71 Å². The number of halogens is 1. The Bertz CT molecular complexity index is 612. The van der Waals surface area contributed by atoms with Gasteiger partial charge in [0.15, 0.2) is 0 Å². The molecule has 0 spiro atoms. The number of hydrogen-bond acceptors (Lipinski definition) is 1. The monoisotopic (exact) mass is 269 g/mol. The molecular formula is C18H20FN. The van der Waals surface area contributed by atoms with E-state index in [-0.39, 0.29) is 5.82 Å². The van der Waals surface area contributed by atoms with Crippen LogP contribution in [0.2, 0.25) is 0 Å². The third-order valence-corrected chi connectivity index (χ3v) is 3.28. The van der Waals surface area contributed by atoms with E-state index in [0.29, 0.717) is 0 Å². The van der Waals surface area contributed by atoms with E-state index < -0.39 is 0 Å². The van der Waals surface area contributed by atoms with E-state index in [9.17, 15) is 4.39 Å². The first-order chi connectivity index (χ1) is 9.74. The van der Waals surface area contributed by atoms with Crippen LogP contribution < -0.4 is 0 Å². The van der Waals surface area contributed by atoms with Gasteiger partial charge in [0.2, 0.25) is 0 Å². The van der Waals surface area contributed by atoms with Crippen LogP contribution in [0.1, 0.15) is 36.1 Å². The van der Waals surface area contributed by atoms with Crippen LogP contribution in [0.25, 0.3) is 0 Å². The Morgan fingerprint density at radius 2 is 1.70 bits per heavy atom. The highest BCUT2D eigenvalue weighted by Crippen LogP contribution is 2.21. The van der Waals surface area contributed by atoms with Gasteiger partial charge in [-0.2, -0.15) is 0 Å². The molecule has 2 aromatic rings. The van der Waals surface area contributed by atoms with Crippen LogP contribution >= 0.6 is 0 Å². The molecule has 0 atom stereocenters. The highest BCUT2D eigenvalue weighted by molar-refractivity contribution is 6.14. The van der Waals surface area contributed by atoms with Crippen LogP contribution in [0, 0.1) is 12.7 Å². The van der Waals surface area contributed by atoms with Crippen molar-refractivity contribution in [2.75, 3.05) is 6.54 Å². The van der Waals surface area contributed by atoms with E-state index in [1.165, 1.54) is 28.8 Å². The smallest absolute Gasteiger partial charge is 0.123 e. The van der Waals surface area contributed by atoms with Crippen molar-refractivity contribution in [3.63, 3.8) is 0 Å². The van der Waals surface area contributed by atoms with Crippen molar-refractivity contribution in [3.8, 4) is 0 Å². The second-order valence-corrected chi connectivity index (χ2v) is 4.65. The standard InChI is InChI=1S/C16H14FN.C2H6/c1-11-2-7-15-13(10-11)8-9-18-16(15)12-3-5-14(17)6-4-12;1-2/h2-7,10H,8-9H2,1H3;1-2H3. The predicted octanol–water partition coefficient (Wildman–Crippen LogP) is 4.55. The largest absolute Gasteiger partial charge is 0.284 e. The molecule has 0 fully saturated rings. The zero-order chi connectivity index (χ0) is 14.5. The summed E-state index contributed by atoms with van der Waals surface area (Å²) < 4.78 is 13.0. The fourth-order valence-electron chi connectivity index (χ4n) is 2.39. The summed E-state index contributed by atoms with van der Waals surface area (Å²) in [7, 11) is 0. The van der Waals surface area contributed by atoms with E-state index in [2.05, 4.69) is 30.1 Å². The van der Waals surface area contributed by atoms with Gasteiger partial charge in [-0.3, -0.25) is 4.99 Å². The molecule has 20 heavy (non-hydrogen) atoms. The minimum atomic E-state index is -0.209. The van der Waals surface area contributed by atoms with Crippen molar-refractivity contribution in [2.45, 2.75) is 27.2 Å². The average molecular weight is 269 g/mol. The zero-order valence-electron chi connectivity index (χ0n) is 12.3. The molecule has 0 aromatic heterocycles. The van der Waals surface area contributed by atoms with Crippen LogP contribution in [0.5, 0.6) is 0 Å². The number of aliphatic imine (C=N–C) groups is 1. The molecule has 0 radical (unpaired) electrons. The first-order valence-corrected chi connectivity index (χ1v) is 7.14. The van der Waals surface area contributed by atoms with Gasteiger partial charge >= 0.3 is 0 Å². The van der Waals surface area contributed by atoms with Crippen LogP contribution in [0.3, 0.4) is 0 Å². The molecule has 0 N–H and O–H groups in total. The first-order valence-electron chi connectivity index (χ1n) is 7.14. The van der Waals surface area contributed by atoms with Gasteiger partial charge in [-0.15, -0.1) is 0 Å². The van der Waals surface area contributed by atoms with Gasteiger partial charge in [-0.1, -0.05) is 37.6 Å². The molecule has 104 valence electrons. The molecular weight excluding hydrogens is 249 g/mol. The van der Waals surface area contributed by atoms with Gasteiger partial charge < -0.3 is 0 Å². The molecule has 1 aliphatic rings. The summed E-state index contributed by atoms with van der Waals surface area (Å²) in [5.41, 5.74) is 5.76. The van der Waals surface area contributed by atoms with Gasteiger partial charge in [0.25, 0.3) is 0 Å². The summed E-state index contributed by atoms with van der Waals surface area (Å²) in [4.78, 5) is 4.59. The topological polar surface area (TPSA) is 12.4 Å². The quantitative estimate of drug-likeness (QED) is 0.720. The fourth-order valence-corrected chi connectivity index (χ4v) is 2.39. The second kappa shape index (κ2) is 6.47. The highest BCUT2D eigenvalue weighted by atomic mass is 19.1. The Kier molecular flexibility index (Phi) is 4.67. The maximum absolute atomic E-state index is 13.0. The van der Waals surface area contributed by atoms with Crippen molar-refractivity contribution in [1.82, 2.24) is 0 Å². The molecule has 0 aliphatic carbocycles. The first kappa shape index (κ1) is 14.4. The Labute approximate surface area is 120 Å². The average Bonchev–Trinajstić information content (AvgIpc) is 2.49. The minimum absolute atomic E-state index is 0.209. The molecule has 1 heterocycles. The Morgan fingerprint density at radius 1 is 1.00 bits per heavy atom. The third-order valence-electron chi connectivity index (χ3n) is 3.28. The molecule has 1 aliphatic heterocycles. The Hall–Kier alpha value is -1.96. The van der Waals surface area contributed by atoms with Crippen molar-refractivity contribution in [1.29, 1.82) is 0 Å². The van der Waals surface area contributed by atoms with Crippen molar-refractivity contribution >= 4 is 5.71 Å². The lowest BCUT2D eigenvalue weighted by Crippen LogP contribution is -2.14. The van der Waals surface area contributed by atoms with Crippen LogP contribution in [0.4, 0.5) is 4.39 Å². The second-order valence-electron chi connectivity index (χ2n) is 4.65. The Morgan fingerprint density at radius 3 is 2.40 bits per heavy atom. The third kappa shape index (κ3) is 2.96. The number of hydrogen-bond donors (Lipinski definition) is 0. The molecule has 0 saturated heterocycles. The summed E-state index contributed by atoms with van der Waals surface area (Å²) >= 11 is 0. The molecule has 0 amide bonds. The van der Waals surface area contributed by atoms with E-state index in [1.807, 2.05) is 13.8 Å². The minimum Gasteiger partial charge on any atom is -0.284 e. The van der Waals surface area contributed by atoms with Gasteiger partial charge in [0, 0.05) is 17.7 Å². The summed E-state index contributed by atoms with van der Waals surface area (Å²) in [5.74, 6) is -0.209. The lowest BCUT2D eigenvalue weighted by Gasteiger charge is -2.17. The summed E-state index contributed by atoms with van der Waals surface area (Å²) in [5, 5.41) is 0. The number of benzene rings is 2. The van der Waals surface area contributed by atoms with Gasteiger partial charge in [-0.05, 0) is 43.2 Å². The van der Waals surface area contributed by atoms with Crippen LogP contribution in [0.15, 0.2) is 47.5 Å². The number of aryl methyl sites for hydroxylation is 1. The normalized spacial score (nSPS) is 12.9. The van der Waals surface area contributed by atoms with E-state index in [4.69, 9.17) is 0 Å². The van der Waals surface area contributed by atoms with E-state index in [1.54, 1.807) is 12.1 Å². The lowest BCUT2D eigenvalue weighted by atomic mass is 9.92. The molecule has 1 nitrogen and oxygen atoms in total. The maximum Gasteiger partial charge on any atom is 0.123 e. The number of nitrogens with zero attached hydrogens (tertiary/aromatic N) is 1. The molecule has 2 heteroatoms. The fraction of sp³-hybridized carbons (Fsp3) is 0.278. The predicted molar refractivity (Wildman–Crippen MR) is 83.1 cm³/mol. The van der Waals surface area contributed by atoms with E-state index >= 15 is 0 Å². The Balaban J connectivity index is 0.000000704. The molecule has 0 saturated carbocycles. The molecule has 0 bridgehead atoms. The highest BCUT2D eigenvalue weighted by Gasteiger charge is 2.15. The van der Waals surface area contributed by atoms with E-state index in [0.717, 1.165) is 24.2 Å². The molecule has 0 unspecified atom stereocenters.